The van der Waals surface area contributed by atoms with Crippen molar-refractivity contribution in [2.24, 2.45) is 34.0 Å². The van der Waals surface area contributed by atoms with E-state index in [1.807, 2.05) is 13.8 Å². The number of ketones is 1. The Morgan fingerprint density at radius 3 is 2.65 bits per heavy atom. The molecule has 8 atom stereocenters. The van der Waals surface area contributed by atoms with Crippen LogP contribution in [0.4, 0.5) is 0 Å². The van der Waals surface area contributed by atoms with Crippen LogP contribution >= 0.6 is 0 Å². The number of Topliss-reactive ketones (excluding diaryl/α,β-unsaturated/α-hetero) is 1. The van der Waals surface area contributed by atoms with E-state index in [9.17, 15) is 19.8 Å². The summed E-state index contributed by atoms with van der Waals surface area (Å²) in [6.07, 6.45) is 0.0482. The highest BCUT2D eigenvalue weighted by Gasteiger charge is 2.78. The molecular formula is C20H26O6. The van der Waals surface area contributed by atoms with Crippen LogP contribution in [0.1, 0.15) is 39.5 Å². The zero-order valence-electron chi connectivity index (χ0n) is 15.2. The van der Waals surface area contributed by atoms with E-state index < -0.39 is 46.6 Å². The van der Waals surface area contributed by atoms with Crippen molar-refractivity contribution in [1.82, 2.24) is 0 Å². The summed E-state index contributed by atoms with van der Waals surface area (Å²) in [5, 5.41) is 21.4. The lowest BCUT2D eigenvalue weighted by Crippen LogP contribution is -2.70. The highest BCUT2D eigenvalue weighted by molar-refractivity contribution is 6.15. The van der Waals surface area contributed by atoms with E-state index in [0.717, 1.165) is 12.8 Å². The Labute approximate surface area is 152 Å². The number of esters is 1. The summed E-state index contributed by atoms with van der Waals surface area (Å²) in [6.45, 7) is 8.08. The van der Waals surface area contributed by atoms with Crippen LogP contribution in [0, 0.1) is 34.0 Å². The second-order valence-corrected chi connectivity index (χ2v) is 9.62. The molecule has 0 aromatic rings. The number of hydrogen-bond acceptors (Lipinski definition) is 6. The first-order valence-electron chi connectivity index (χ1n) is 9.59. The third kappa shape index (κ3) is 1.57. The molecule has 142 valence electrons. The molecule has 3 aliphatic carbocycles. The van der Waals surface area contributed by atoms with Crippen LogP contribution in [-0.2, 0) is 19.1 Å². The van der Waals surface area contributed by atoms with Crippen molar-refractivity contribution in [2.45, 2.75) is 58.0 Å². The molecule has 5 aliphatic rings. The fraction of sp³-hybridized carbons (Fsp3) is 0.800. The molecule has 6 heteroatoms. The number of ether oxygens (including phenoxy) is 2. The minimum absolute atomic E-state index is 0.0483. The van der Waals surface area contributed by atoms with E-state index in [0.29, 0.717) is 18.4 Å². The number of carbonyl (C=O) groups is 2. The number of aliphatic hydroxyl groups excluding tert-OH is 2. The predicted molar refractivity (Wildman–Crippen MR) is 89.6 cm³/mol. The zero-order chi connectivity index (χ0) is 18.6. The molecule has 6 nitrogen and oxygen atoms in total. The number of rotatable bonds is 0. The molecule has 0 amide bonds. The maximum atomic E-state index is 13.2. The Morgan fingerprint density at radius 1 is 1.19 bits per heavy atom. The highest BCUT2D eigenvalue weighted by atomic mass is 16.6. The SMILES string of the molecule is C=C1C(=O)[C@]23CC1CC[C@H]2[C@@]12COC(O)[C@@H]1C(C)(C)C(O)CC2OC3=O. The van der Waals surface area contributed by atoms with Crippen molar-refractivity contribution >= 4 is 11.8 Å². The molecule has 3 saturated carbocycles. The average Bonchev–Trinajstić information content (AvgIpc) is 3.03. The molecule has 26 heavy (non-hydrogen) atoms. The monoisotopic (exact) mass is 362 g/mol. The lowest BCUT2D eigenvalue weighted by atomic mass is 9.43. The van der Waals surface area contributed by atoms with E-state index >= 15 is 0 Å². The van der Waals surface area contributed by atoms with Crippen LogP contribution in [-0.4, -0.2) is 47.1 Å². The van der Waals surface area contributed by atoms with Crippen molar-refractivity contribution < 1.29 is 29.3 Å². The van der Waals surface area contributed by atoms with Crippen LogP contribution in [0.5, 0.6) is 0 Å². The van der Waals surface area contributed by atoms with Crippen LogP contribution in [0.3, 0.4) is 0 Å². The molecule has 5 rings (SSSR count). The number of carbonyl (C=O) groups excluding carboxylic acids is 2. The van der Waals surface area contributed by atoms with Gasteiger partial charge in [0.2, 0.25) is 0 Å². The topological polar surface area (TPSA) is 93.1 Å². The molecule has 2 saturated heterocycles. The van der Waals surface area contributed by atoms with Crippen LogP contribution in [0.2, 0.25) is 0 Å². The van der Waals surface area contributed by atoms with Gasteiger partial charge >= 0.3 is 5.97 Å². The number of hydrogen-bond donors (Lipinski definition) is 2. The molecule has 2 aliphatic heterocycles. The van der Waals surface area contributed by atoms with Gasteiger partial charge in [0, 0.05) is 17.8 Å². The van der Waals surface area contributed by atoms with Crippen molar-refractivity contribution in [1.29, 1.82) is 0 Å². The van der Waals surface area contributed by atoms with Gasteiger partial charge in [-0.15, -0.1) is 0 Å². The lowest BCUT2D eigenvalue weighted by molar-refractivity contribution is -0.253. The summed E-state index contributed by atoms with van der Waals surface area (Å²) in [5.74, 6) is -1.22. The quantitative estimate of drug-likeness (QED) is 0.382. The fourth-order valence-corrected chi connectivity index (χ4v) is 7.21. The van der Waals surface area contributed by atoms with Gasteiger partial charge < -0.3 is 19.7 Å². The van der Waals surface area contributed by atoms with E-state index in [1.54, 1.807) is 0 Å². The molecule has 0 aromatic heterocycles. The first-order chi connectivity index (χ1) is 12.2. The van der Waals surface area contributed by atoms with Crippen LogP contribution in [0.25, 0.3) is 0 Å². The first-order valence-corrected chi connectivity index (χ1v) is 9.59. The lowest BCUT2D eigenvalue weighted by Gasteiger charge is -2.62. The Morgan fingerprint density at radius 2 is 1.92 bits per heavy atom. The maximum absolute atomic E-state index is 13.2. The van der Waals surface area contributed by atoms with E-state index in [-0.39, 0.29) is 24.2 Å². The van der Waals surface area contributed by atoms with Crippen molar-refractivity contribution in [3.05, 3.63) is 12.2 Å². The summed E-state index contributed by atoms with van der Waals surface area (Å²) in [6, 6.07) is 0. The Balaban J connectivity index is 1.72. The van der Waals surface area contributed by atoms with Gasteiger partial charge in [0.1, 0.15) is 11.5 Å². The average molecular weight is 362 g/mol. The molecule has 2 N–H and O–H groups in total. The molecular weight excluding hydrogens is 336 g/mol. The van der Waals surface area contributed by atoms with Crippen LogP contribution in [0.15, 0.2) is 12.2 Å². The van der Waals surface area contributed by atoms with E-state index in [4.69, 9.17) is 9.47 Å². The smallest absolute Gasteiger partial charge is 0.320 e. The van der Waals surface area contributed by atoms with Gasteiger partial charge in [-0.25, -0.2) is 0 Å². The minimum Gasteiger partial charge on any atom is -0.461 e. The number of allylic oxidation sites excluding steroid dienone is 1. The molecule has 2 heterocycles. The van der Waals surface area contributed by atoms with E-state index in [2.05, 4.69) is 6.58 Å². The molecule has 0 aromatic carbocycles. The summed E-state index contributed by atoms with van der Waals surface area (Å²) in [7, 11) is 0. The Bertz CT molecular complexity index is 728. The molecule has 4 unspecified atom stereocenters. The normalized spacial score (nSPS) is 54.4. The summed E-state index contributed by atoms with van der Waals surface area (Å²) >= 11 is 0. The third-order valence-electron chi connectivity index (χ3n) is 8.48. The molecule has 0 radical (unpaired) electrons. The van der Waals surface area contributed by atoms with Crippen molar-refractivity contribution in [2.75, 3.05) is 6.61 Å². The second kappa shape index (κ2) is 4.78. The number of aliphatic hydroxyl groups is 2. The largest absolute Gasteiger partial charge is 0.461 e. The first kappa shape index (κ1) is 16.9. The second-order valence-electron chi connectivity index (χ2n) is 9.62. The molecule has 5 fully saturated rings. The van der Waals surface area contributed by atoms with Crippen LogP contribution < -0.4 is 0 Å². The minimum atomic E-state index is -1.18. The summed E-state index contributed by atoms with van der Waals surface area (Å²) < 4.78 is 11.6. The maximum Gasteiger partial charge on any atom is 0.320 e. The van der Waals surface area contributed by atoms with Gasteiger partial charge in [0.25, 0.3) is 0 Å². The summed E-state index contributed by atoms with van der Waals surface area (Å²) in [4.78, 5) is 26.3. The van der Waals surface area contributed by atoms with Gasteiger partial charge in [-0.3, -0.25) is 9.59 Å². The number of fused-ring (bicyclic) bond motifs is 1. The van der Waals surface area contributed by atoms with Gasteiger partial charge in [-0.05, 0) is 42.1 Å². The summed E-state index contributed by atoms with van der Waals surface area (Å²) in [5.41, 5.74) is -1.88. The Kier molecular flexibility index (Phi) is 3.10. The van der Waals surface area contributed by atoms with Gasteiger partial charge in [-0.1, -0.05) is 20.4 Å². The highest BCUT2D eigenvalue weighted by Crippen LogP contribution is 2.71. The predicted octanol–water partition coefficient (Wildman–Crippen LogP) is 1.20. The van der Waals surface area contributed by atoms with Gasteiger partial charge in [0.15, 0.2) is 12.1 Å². The Hall–Kier alpha value is -1.24. The van der Waals surface area contributed by atoms with Gasteiger partial charge in [0.05, 0.1) is 12.7 Å². The van der Waals surface area contributed by atoms with Crippen molar-refractivity contribution in [3.63, 3.8) is 0 Å². The molecule has 2 bridgehead atoms. The van der Waals surface area contributed by atoms with E-state index in [1.165, 1.54) is 0 Å². The zero-order valence-corrected chi connectivity index (χ0v) is 15.2. The van der Waals surface area contributed by atoms with Gasteiger partial charge in [-0.2, -0.15) is 0 Å². The standard InChI is InChI=1S/C20H26O6/c1-9-10-4-5-11-19(7-10,15(9)22)17(24)26-13-6-12(21)18(2,3)14-16(23)25-8-20(11,13)14/h10-14,16,21,23H,1,4-8H2,2-3H3/t10?,11-,12?,13?,14-,16?,19+,20-/m1/s1. The fourth-order valence-electron chi connectivity index (χ4n) is 7.21. The third-order valence-corrected chi connectivity index (χ3v) is 8.48. The molecule has 2 spiro atoms. The van der Waals surface area contributed by atoms with Crippen molar-refractivity contribution in [3.8, 4) is 0 Å².